The van der Waals surface area contributed by atoms with Crippen molar-refractivity contribution >= 4 is 5.91 Å². The second-order valence-electron chi connectivity index (χ2n) is 6.51. The van der Waals surface area contributed by atoms with Gasteiger partial charge in [-0.2, -0.15) is 0 Å². The van der Waals surface area contributed by atoms with E-state index >= 15 is 0 Å². The SMILES string of the molecule is C[C@H]1CCCC[C@@H]1NC(=O)COc1ccc2c(c1)CCC2. The van der Waals surface area contributed by atoms with E-state index in [9.17, 15) is 4.79 Å². The van der Waals surface area contributed by atoms with Gasteiger partial charge in [0.25, 0.3) is 5.91 Å². The fourth-order valence-electron chi connectivity index (χ4n) is 3.57. The van der Waals surface area contributed by atoms with Crippen molar-refractivity contribution in [2.24, 2.45) is 5.92 Å². The first-order chi connectivity index (χ1) is 10.2. The average Bonchev–Trinajstić information content (AvgIpc) is 2.95. The minimum absolute atomic E-state index is 0.00856. The Balaban J connectivity index is 1.49. The molecule has 1 fully saturated rings. The molecule has 1 saturated carbocycles. The number of hydrogen-bond donors (Lipinski definition) is 1. The molecule has 0 saturated heterocycles. The van der Waals surface area contributed by atoms with E-state index in [1.54, 1.807) is 0 Å². The van der Waals surface area contributed by atoms with Crippen molar-refractivity contribution in [1.29, 1.82) is 0 Å². The van der Waals surface area contributed by atoms with E-state index < -0.39 is 0 Å². The van der Waals surface area contributed by atoms with Gasteiger partial charge in [-0.1, -0.05) is 25.8 Å². The second kappa shape index (κ2) is 6.50. The Bertz CT molecular complexity index is 512. The maximum atomic E-state index is 12.0. The maximum absolute atomic E-state index is 12.0. The minimum atomic E-state index is 0.00856. The fraction of sp³-hybridized carbons (Fsp3) is 0.611. The molecular formula is C18H25NO2. The van der Waals surface area contributed by atoms with Gasteiger partial charge in [-0.05, 0) is 61.3 Å². The predicted molar refractivity (Wildman–Crippen MR) is 83.5 cm³/mol. The number of rotatable bonds is 4. The van der Waals surface area contributed by atoms with Crippen LogP contribution in [0.2, 0.25) is 0 Å². The van der Waals surface area contributed by atoms with Gasteiger partial charge in [-0.25, -0.2) is 0 Å². The summed E-state index contributed by atoms with van der Waals surface area (Å²) < 4.78 is 5.66. The monoisotopic (exact) mass is 287 g/mol. The summed E-state index contributed by atoms with van der Waals surface area (Å²) in [7, 11) is 0. The number of fused-ring (bicyclic) bond motifs is 1. The molecule has 114 valence electrons. The molecule has 0 unspecified atom stereocenters. The fourth-order valence-corrected chi connectivity index (χ4v) is 3.57. The Hall–Kier alpha value is -1.51. The first kappa shape index (κ1) is 14.4. The number of aryl methyl sites for hydroxylation is 2. The molecular weight excluding hydrogens is 262 g/mol. The van der Waals surface area contributed by atoms with Crippen LogP contribution in [0.1, 0.15) is 50.2 Å². The normalized spacial score (nSPS) is 24.4. The molecule has 3 heteroatoms. The van der Waals surface area contributed by atoms with Crippen molar-refractivity contribution in [1.82, 2.24) is 5.32 Å². The van der Waals surface area contributed by atoms with Gasteiger partial charge >= 0.3 is 0 Å². The van der Waals surface area contributed by atoms with Crippen molar-refractivity contribution in [2.45, 2.75) is 57.9 Å². The van der Waals surface area contributed by atoms with Crippen LogP contribution >= 0.6 is 0 Å². The van der Waals surface area contributed by atoms with Crippen LogP contribution in [-0.2, 0) is 17.6 Å². The Kier molecular flexibility index (Phi) is 4.47. The number of benzene rings is 1. The van der Waals surface area contributed by atoms with Crippen LogP contribution in [0.25, 0.3) is 0 Å². The van der Waals surface area contributed by atoms with E-state index in [-0.39, 0.29) is 12.5 Å². The lowest BCUT2D eigenvalue weighted by Crippen LogP contribution is -2.43. The van der Waals surface area contributed by atoms with Gasteiger partial charge in [0.15, 0.2) is 6.61 Å². The first-order valence-electron chi connectivity index (χ1n) is 8.26. The zero-order valence-corrected chi connectivity index (χ0v) is 12.9. The molecule has 2 aliphatic rings. The van der Waals surface area contributed by atoms with Crippen molar-refractivity contribution in [3.05, 3.63) is 29.3 Å². The van der Waals surface area contributed by atoms with Crippen molar-refractivity contribution < 1.29 is 9.53 Å². The zero-order valence-electron chi connectivity index (χ0n) is 12.9. The zero-order chi connectivity index (χ0) is 14.7. The van der Waals surface area contributed by atoms with E-state index in [4.69, 9.17) is 4.74 Å². The van der Waals surface area contributed by atoms with Crippen LogP contribution in [0.4, 0.5) is 0 Å². The van der Waals surface area contributed by atoms with E-state index in [0.29, 0.717) is 12.0 Å². The maximum Gasteiger partial charge on any atom is 0.258 e. The molecule has 2 aliphatic carbocycles. The van der Waals surface area contributed by atoms with E-state index in [1.165, 1.54) is 43.2 Å². The van der Waals surface area contributed by atoms with Crippen LogP contribution in [0.15, 0.2) is 18.2 Å². The van der Waals surface area contributed by atoms with Gasteiger partial charge in [-0.3, -0.25) is 4.79 Å². The second-order valence-corrected chi connectivity index (χ2v) is 6.51. The highest BCUT2D eigenvalue weighted by atomic mass is 16.5. The lowest BCUT2D eigenvalue weighted by Gasteiger charge is -2.29. The third kappa shape index (κ3) is 3.58. The van der Waals surface area contributed by atoms with Crippen molar-refractivity contribution in [3.8, 4) is 5.75 Å². The van der Waals surface area contributed by atoms with Crippen molar-refractivity contribution in [2.75, 3.05) is 6.61 Å². The third-order valence-electron chi connectivity index (χ3n) is 4.90. The molecule has 0 aromatic heterocycles. The summed E-state index contributed by atoms with van der Waals surface area (Å²) in [4.78, 5) is 12.0. The summed E-state index contributed by atoms with van der Waals surface area (Å²) in [5, 5.41) is 3.13. The molecule has 3 rings (SSSR count). The number of ether oxygens (including phenoxy) is 1. The highest BCUT2D eigenvalue weighted by molar-refractivity contribution is 5.77. The summed E-state index contributed by atoms with van der Waals surface area (Å²) in [5.41, 5.74) is 2.82. The molecule has 0 radical (unpaired) electrons. The minimum Gasteiger partial charge on any atom is -0.484 e. The summed E-state index contributed by atoms with van der Waals surface area (Å²) in [6.45, 7) is 2.35. The molecule has 1 N–H and O–H groups in total. The standard InChI is InChI=1S/C18H25NO2/c1-13-5-2-3-8-17(13)19-18(20)12-21-16-10-9-14-6-4-7-15(14)11-16/h9-11,13,17H,2-8,12H2,1H3,(H,19,20)/t13-,17-/m0/s1. The quantitative estimate of drug-likeness (QED) is 0.923. The molecule has 3 nitrogen and oxygen atoms in total. The van der Waals surface area contributed by atoms with Gasteiger partial charge in [0, 0.05) is 6.04 Å². The summed E-state index contributed by atoms with van der Waals surface area (Å²) in [6, 6.07) is 6.55. The van der Waals surface area contributed by atoms with Crippen LogP contribution in [0.5, 0.6) is 5.75 Å². The lowest BCUT2D eigenvalue weighted by atomic mass is 9.86. The number of carbonyl (C=O) groups excluding carboxylic acids is 1. The van der Waals surface area contributed by atoms with Gasteiger partial charge in [0.05, 0.1) is 0 Å². The van der Waals surface area contributed by atoms with Gasteiger partial charge in [-0.15, -0.1) is 0 Å². The van der Waals surface area contributed by atoms with Gasteiger partial charge in [0.2, 0.25) is 0 Å². The number of nitrogens with one attached hydrogen (secondary N) is 1. The molecule has 0 spiro atoms. The molecule has 1 aromatic rings. The molecule has 0 aliphatic heterocycles. The smallest absolute Gasteiger partial charge is 0.258 e. The summed E-state index contributed by atoms with van der Waals surface area (Å²) in [6.07, 6.45) is 8.38. The molecule has 1 aromatic carbocycles. The third-order valence-corrected chi connectivity index (χ3v) is 4.90. The molecule has 21 heavy (non-hydrogen) atoms. The molecule has 0 heterocycles. The number of amides is 1. The van der Waals surface area contributed by atoms with Crippen LogP contribution in [0.3, 0.4) is 0 Å². The Morgan fingerprint density at radius 1 is 1.19 bits per heavy atom. The largest absolute Gasteiger partial charge is 0.484 e. The predicted octanol–water partition coefficient (Wildman–Crippen LogP) is 3.25. The van der Waals surface area contributed by atoms with Gasteiger partial charge in [0.1, 0.15) is 5.75 Å². The van der Waals surface area contributed by atoms with E-state index in [0.717, 1.165) is 18.6 Å². The van der Waals surface area contributed by atoms with Crippen molar-refractivity contribution in [3.63, 3.8) is 0 Å². The van der Waals surface area contributed by atoms with Crippen LogP contribution in [-0.4, -0.2) is 18.6 Å². The first-order valence-corrected chi connectivity index (χ1v) is 8.26. The molecule has 1 amide bonds. The van der Waals surface area contributed by atoms with Gasteiger partial charge < -0.3 is 10.1 Å². The topological polar surface area (TPSA) is 38.3 Å². The lowest BCUT2D eigenvalue weighted by molar-refractivity contribution is -0.124. The number of carbonyl (C=O) groups is 1. The summed E-state index contributed by atoms with van der Waals surface area (Å²) in [5.74, 6) is 1.42. The van der Waals surface area contributed by atoms with E-state index in [2.05, 4.69) is 24.4 Å². The highest BCUT2D eigenvalue weighted by Crippen LogP contribution is 2.26. The van der Waals surface area contributed by atoms with Crippen LogP contribution in [0, 0.1) is 5.92 Å². The summed E-state index contributed by atoms with van der Waals surface area (Å²) >= 11 is 0. The van der Waals surface area contributed by atoms with Crippen LogP contribution < -0.4 is 10.1 Å². The Labute approximate surface area is 127 Å². The molecule has 0 bridgehead atoms. The Morgan fingerprint density at radius 2 is 2.00 bits per heavy atom. The highest BCUT2D eigenvalue weighted by Gasteiger charge is 2.22. The Morgan fingerprint density at radius 3 is 2.86 bits per heavy atom. The number of hydrogen-bond acceptors (Lipinski definition) is 2. The molecule has 2 atom stereocenters. The van der Waals surface area contributed by atoms with E-state index in [1.807, 2.05) is 6.07 Å². The average molecular weight is 287 g/mol.